The SMILES string of the molecule is CC(C)c1ccc(CN2CCc3oc(C(=O)N4CCC(F)(F)CC4)nc3C2)cc1.O=C(O)C(F)(F)F. The highest BCUT2D eigenvalue weighted by Crippen LogP contribution is 2.29. The number of carbonyl (C=O) groups excluding carboxylic acids is 1. The van der Waals surface area contributed by atoms with E-state index in [0.717, 1.165) is 24.5 Å². The molecule has 1 aromatic heterocycles. The molecule has 2 aliphatic rings. The van der Waals surface area contributed by atoms with Crippen molar-refractivity contribution in [1.29, 1.82) is 0 Å². The van der Waals surface area contributed by atoms with Crippen molar-refractivity contribution in [3.05, 3.63) is 52.7 Å². The van der Waals surface area contributed by atoms with Crippen LogP contribution in [-0.2, 0) is 24.3 Å². The minimum atomic E-state index is -5.08. The zero-order chi connectivity index (χ0) is 26.7. The van der Waals surface area contributed by atoms with Gasteiger partial charge in [0.2, 0.25) is 0 Å². The molecular formula is C24H28F5N3O4. The Hall–Kier alpha value is -3.02. The summed E-state index contributed by atoms with van der Waals surface area (Å²) < 4.78 is 64.1. The van der Waals surface area contributed by atoms with E-state index in [1.165, 1.54) is 16.0 Å². The van der Waals surface area contributed by atoms with Crippen LogP contribution in [0.25, 0.3) is 0 Å². The van der Waals surface area contributed by atoms with E-state index in [1.807, 2.05) is 0 Å². The van der Waals surface area contributed by atoms with Crippen molar-refractivity contribution < 1.29 is 41.1 Å². The Morgan fingerprint density at radius 3 is 2.22 bits per heavy atom. The smallest absolute Gasteiger partial charge is 0.475 e. The van der Waals surface area contributed by atoms with E-state index in [9.17, 15) is 26.7 Å². The van der Waals surface area contributed by atoms with Gasteiger partial charge in [0.25, 0.3) is 11.8 Å². The van der Waals surface area contributed by atoms with E-state index in [-0.39, 0.29) is 37.7 Å². The van der Waals surface area contributed by atoms with Gasteiger partial charge in [-0.3, -0.25) is 9.69 Å². The zero-order valence-electron chi connectivity index (χ0n) is 19.9. The van der Waals surface area contributed by atoms with Gasteiger partial charge in [0, 0.05) is 52.0 Å². The first kappa shape index (κ1) is 27.6. The maximum Gasteiger partial charge on any atom is 0.490 e. The molecule has 0 radical (unpaired) electrons. The van der Waals surface area contributed by atoms with Gasteiger partial charge in [-0.25, -0.2) is 18.6 Å². The van der Waals surface area contributed by atoms with Gasteiger partial charge in [-0.1, -0.05) is 38.1 Å². The van der Waals surface area contributed by atoms with Gasteiger partial charge >= 0.3 is 18.1 Å². The molecule has 3 heterocycles. The van der Waals surface area contributed by atoms with Crippen LogP contribution >= 0.6 is 0 Å². The summed E-state index contributed by atoms with van der Waals surface area (Å²) in [5.74, 6) is -4.54. The van der Waals surface area contributed by atoms with E-state index < -0.39 is 18.1 Å². The van der Waals surface area contributed by atoms with Gasteiger partial charge in [-0.15, -0.1) is 0 Å². The Balaban J connectivity index is 0.000000454. The first-order valence-electron chi connectivity index (χ1n) is 11.5. The van der Waals surface area contributed by atoms with Crippen molar-refractivity contribution in [3.8, 4) is 0 Å². The van der Waals surface area contributed by atoms with Crippen LogP contribution in [0.4, 0.5) is 22.0 Å². The molecule has 7 nitrogen and oxygen atoms in total. The number of hydrogen-bond acceptors (Lipinski definition) is 5. The van der Waals surface area contributed by atoms with Crippen LogP contribution in [0.3, 0.4) is 0 Å². The molecule has 0 bridgehead atoms. The van der Waals surface area contributed by atoms with Crippen LogP contribution in [0.15, 0.2) is 28.7 Å². The fourth-order valence-electron chi connectivity index (χ4n) is 3.92. The summed E-state index contributed by atoms with van der Waals surface area (Å²) in [5, 5.41) is 7.12. The zero-order valence-corrected chi connectivity index (χ0v) is 19.9. The van der Waals surface area contributed by atoms with Crippen LogP contribution in [0.1, 0.15) is 65.9 Å². The molecule has 1 amide bonds. The Bertz CT molecular complexity index is 1060. The van der Waals surface area contributed by atoms with E-state index in [0.29, 0.717) is 18.9 Å². The summed E-state index contributed by atoms with van der Waals surface area (Å²) in [7, 11) is 0. The van der Waals surface area contributed by atoms with Gasteiger partial charge in [0.05, 0.1) is 5.69 Å². The lowest BCUT2D eigenvalue weighted by molar-refractivity contribution is -0.192. The summed E-state index contributed by atoms with van der Waals surface area (Å²) >= 11 is 0. The number of fused-ring (bicyclic) bond motifs is 1. The number of likely N-dealkylation sites (tertiary alicyclic amines) is 1. The fraction of sp³-hybridized carbons (Fsp3) is 0.542. The number of oxazole rings is 1. The molecule has 1 aromatic carbocycles. The number of hydrogen-bond donors (Lipinski definition) is 1. The summed E-state index contributed by atoms with van der Waals surface area (Å²) in [4.78, 5) is 29.6. The molecule has 0 spiro atoms. The minimum absolute atomic E-state index is 0.0309. The Morgan fingerprint density at radius 2 is 1.69 bits per heavy atom. The molecule has 4 rings (SSSR count). The lowest BCUT2D eigenvalue weighted by Crippen LogP contribution is -2.42. The van der Waals surface area contributed by atoms with Crippen molar-refractivity contribution in [2.45, 2.75) is 64.2 Å². The molecular weight excluding hydrogens is 489 g/mol. The number of piperidine rings is 1. The van der Waals surface area contributed by atoms with Crippen molar-refractivity contribution in [2.75, 3.05) is 19.6 Å². The number of carboxylic acids is 1. The molecule has 198 valence electrons. The Labute approximate surface area is 204 Å². The molecule has 0 atom stereocenters. The normalized spacial score (nSPS) is 17.8. The third-order valence-corrected chi connectivity index (χ3v) is 6.07. The van der Waals surface area contributed by atoms with Crippen LogP contribution in [0.2, 0.25) is 0 Å². The molecule has 1 saturated heterocycles. The molecule has 12 heteroatoms. The molecule has 0 unspecified atom stereocenters. The van der Waals surface area contributed by atoms with Crippen LogP contribution < -0.4 is 0 Å². The van der Waals surface area contributed by atoms with E-state index >= 15 is 0 Å². The first-order valence-corrected chi connectivity index (χ1v) is 11.5. The van der Waals surface area contributed by atoms with Gasteiger partial charge in [0.15, 0.2) is 0 Å². The number of carbonyl (C=O) groups is 2. The van der Waals surface area contributed by atoms with Crippen LogP contribution in [0.5, 0.6) is 0 Å². The summed E-state index contributed by atoms with van der Waals surface area (Å²) in [6, 6.07) is 8.66. The molecule has 0 saturated carbocycles. The van der Waals surface area contributed by atoms with Crippen LogP contribution in [-0.4, -0.2) is 63.5 Å². The number of amides is 1. The van der Waals surface area contributed by atoms with Crippen molar-refractivity contribution >= 4 is 11.9 Å². The summed E-state index contributed by atoms with van der Waals surface area (Å²) in [5.41, 5.74) is 3.34. The predicted molar refractivity (Wildman–Crippen MR) is 119 cm³/mol. The lowest BCUT2D eigenvalue weighted by Gasteiger charge is -2.30. The van der Waals surface area contributed by atoms with Gasteiger partial charge in [-0.05, 0) is 17.0 Å². The molecule has 2 aromatic rings. The monoisotopic (exact) mass is 517 g/mol. The van der Waals surface area contributed by atoms with Gasteiger partial charge in [0.1, 0.15) is 5.76 Å². The van der Waals surface area contributed by atoms with Crippen molar-refractivity contribution in [1.82, 2.24) is 14.8 Å². The van der Waals surface area contributed by atoms with E-state index in [4.69, 9.17) is 14.3 Å². The predicted octanol–water partition coefficient (Wildman–Crippen LogP) is 4.86. The number of benzene rings is 1. The number of alkyl halides is 5. The summed E-state index contributed by atoms with van der Waals surface area (Å²) in [6.07, 6.45) is -5.00. The quantitative estimate of drug-likeness (QED) is 0.583. The second kappa shape index (κ2) is 10.9. The standard InChI is InChI=1S/C22H27F2N3O2.C2HF3O2/c1-15(2)17-5-3-16(4-6-17)13-26-10-7-19-18(14-26)25-20(29-19)21(28)27-11-8-22(23,24)9-12-27;3-2(4,5)1(6)7/h3-6,15H,7-14H2,1-2H3;(H,6,7). The molecule has 1 N–H and O–H groups in total. The van der Waals surface area contributed by atoms with E-state index in [1.54, 1.807) is 0 Å². The maximum absolute atomic E-state index is 13.3. The average Bonchev–Trinajstić information content (AvgIpc) is 3.22. The summed E-state index contributed by atoms with van der Waals surface area (Å²) in [6.45, 7) is 6.71. The van der Waals surface area contributed by atoms with Crippen LogP contribution in [0, 0.1) is 0 Å². The fourth-order valence-corrected chi connectivity index (χ4v) is 3.92. The highest BCUT2D eigenvalue weighted by atomic mass is 19.4. The first-order chi connectivity index (χ1) is 16.7. The highest BCUT2D eigenvalue weighted by Gasteiger charge is 2.38. The minimum Gasteiger partial charge on any atom is -0.475 e. The number of nitrogens with zero attached hydrogens (tertiary/aromatic N) is 3. The third kappa shape index (κ3) is 7.25. The number of aliphatic carboxylic acids is 1. The number of carboxylic acid groups (broad SMARTS) is 1. The average molecular weight is 517 g/mol. The number of halogens is 5. The second-order valence-electron chi connectivity index (χ2n) is 9.20. The lowest BCUT2D eigenvalue weighted by atomic mass is 10.0. The second-order valence-corrected chi connectivity index (χ2v) is 9.20. The topological polar surface area (TPSA) is 86.9 Å². The maximum atomic E-state index is 13.3. The number of rotatable bonds is 4. The van der Waals surface area contributed by atoms with Gasteiger partial charge < -0.3 is 14.4 Å². The molecule has 1 fully saturated rings. The third-order valence-electron chi connectivity index (χ3n) is 6.07. The largest absolute Gasteiger partial charge is 0.490 e. The van der Waals surface area contributed by atoms with E-state index in [2.05, 4.69) is 48.0 Å². The highest BCUT2D eigenvalue weighted by molar-refractivity contribution is 5.89. The molecule has 0 aliphatic carbocycles. The molecule has 36 heavy (non-hydrogen) atoms. The van der Waals surface area contributed by atoms with Crippen molar-refractivity contribution in [3.63, 3.8) is 0 Å². The van der Waals surface area contributed by atoms with Gasteiger partial charge in [-0.2, -0.15) is 13.2 Å². The van der Waals surface area contributed by atoms with Crippen molar-refractivity contribution in [2.24, 2.45) is 0 Å². The molecule has 2 aliphatic heterocycles. The number of aromatic nitrogens is 1. The Morgan fingerprint density at radius 1 is 1.11 bits per heavy atom. The Kier molecular flexibility index (Phi) is 8.37.